The van der Waals surface area contributed by atoms with Gasteiger partial charge in [0.2, 0.25) is 5.95 Å². The zero-order valence-electron chi connectivity index (χ0n) is 11.4. The van der Waals surface area contributed by atoms with Crippen LogP contribution >= 0.6 is 0 Å². The molecular weight excluding hydrogens is 255 g/mol. The lowest BCUT2D eigenvalue weighted by Gasteiger charge is -2.29. The van der Waals surface area contributed by atoms with Crippen LogP contribution in [-0.4, -0.2) is 35.1 Å². The molecule has 0 radical (unpaired) electrons. The molecule has 20 heavy (non-hydrogen) atoms. The molecule has 0 aliphatic carbocycles. The summed E-state index contributed by atoms with van der Waals surface area (Å²) in [5, 5.41) is 3.60. The van der Waals surface area contributed by atoms with Gasteiger partial charge in [0.05, 0.1) is 11.0 Å². The average molecular weight is 274 g/mol. The molecule has 2 unspecified atom stereocenters. The van der Waals surface area contributed by atoms with Gasteiger partial charge in [-0.3, -0.25) is 0 Å². The largest absolute Gasteiger partial charge is 0.338 e. The highest BCUT2D eigenvalue weighted by Crippen LogP contribution is 2.29. The molecule has 1 aromatic carbocycles. The minimum Gasteiger partial charge on any atom is -0.338 e. The van der Waals surface area contributed by atoms with E-state index < -0.39 is 0 Å². The summed E-state index contributed by atoms with van der Waals surface area (Å²) < 4.78 is 13.3. The van der Waals surface area contributed by atoms with Crippen molar-refractivity contribution < 1.29 is 4.39 Å². The molecule has 5 heteroatoms. The summed E-state index contributed by atoms with van der Waals surface area (Å²) in [6.45, 7) is 2.16. The van der Waals surface area contributed by atoms with Crippen LogP contribution in [0.25, 0.3) is 11.0 Å². The number of fused-ring (bicyclic) bond motifs is 1. The molecule has 2 aliphatic heterocycles. The van der Waals surface area contributed by atoms with Gasteiger partial charge in [0.1, 0.15) is 5.82 Å². The molecule has 2 aliphatic rings. The summed E-state index contributed by atoms with van der Waals surface area (Å²) in [5.41, 5.74) is 1.62. The minimum absolute atomic E-state index is 0.219. The second-order valence-electron chi connectivity index (χ2n) is 5.83. The van der Waals surface area contributed by atoms with Crippen LogP contribution < -0.4 is 10.2 Å². The van der Waals surface area contributed by atoms with Crippen molar-refractivity contribution in [2.45, 2.75) is 37.8 Å². The van der Waals surface area contributed by atoms with E-state index in [1.165, 1.54) is 37.8 Å². The van der Waals surface area contributed by atoms with Gasteiger partial charge in [0.25, 0.3) is 0 Å². The molecule has 4 rings (SSSR count). The highest BCUT2D eigenvalue weighted by Gasteiger charge is 2.34. The number of nitrogens with one attached hydrogen (secondary N) is 2. The van der Waals surface area contributed by atoms with E-state index in [0.29, 0.717) is 12.1 Å². The molecular formula is C15H19FN4. The Morgan fingerprint density at radius 2 is 2.20 bits per heavy atom. The number of rotatable bonds is 2. The number of imidazole rings is 1. The lowest BCUT2D eigenvalue weighted by atomic mass is 10.0. The first-order chi connectivity index (χ1) is 9.81. The number of aromatic amines is 1. The molecule has 106 valence electrons. The van der Waals surface area contributed by atoms with Crippen LogP contribution in [0.5, 0.6) is 0 Å². The third-order valence-corrected chi connectivity index (χ3v) is 4.57. The Morgan fingerprint density at radius 3 is 3.05 bits per heavy atom. The van der Waals surface area contributed by atoms with Gasteiger partial charge in [-0.2, -0.15) is 0 Å². The molecule has 2 aromatic rings. The van der Waals surface area contributed by atoms with Crippen LogP contribution in [0.2, 0.25) is 0 Å². The highest BCUT2D eigenvalue weighted by atomic mass is 19.1. The molecule has 2 fully saturated rings. The first-order valence-electron chi connectivity index (χ1n) is 7.46. The fourth-order valence-corrected chi connectivity index (χ4v) is 3.62. The monoisotopic (exact) mass is 274 g/mol. The van der Waals surface area contributed by atoms with E-state index in [1.807, 2.05) is 0 Å². The van der Waals surface area contributed by atoms with Crippen LogP contribution in [0.4, 0.5) is 10.3 Å². The van der Waals surface area contributed by atoms with Crippen molar-refractivity contribution in [1.82, 2.24) is 15.3 Å². The maximum Gasteiger partial charge on any atom is 0.204 e. The van der Waals surface area contributed by atoms with Gasteiger partial charge < -0.3 is 15.2 Å². The van der Waals surface area contributed by atoms with Gasteiger partial charge in [0, 0.05) is 18.6 Å². The SMILES string of the molecule is Fc1ccc2nc(N3CCCC3C3CCCN3)[nH]c2c1. The third kappa shape index (κ3) is 1.97. The van der Waals surface area contributed by atoms with Crippen molar-refractivity contribution in [2.75, 3.05) is 18.0 Å². The Hall–Kier alpha value is -1.62. The van der Waals surface area contributed by atoms with Crippen molar-refractivity contribution in [2.24, 2.45) is 0 Å². The maximum atomic E-state index is 13.3. The molecule has 1 aromatic heterocycles. The predicted molar refractivity (Wildman–Crippen MR) is 77.4 cm³/mol. The Bertz CT molecular complexity index is 617. The van der Waals surface area contributed by atoms with Crippen molar-refractivity contribution in [3.63, 3.8) is 0 Å². The molecule has 0 amide bonds. The fraction of sp³-hybridized carbons (Fsp3) is 0.533. The van der Waals surface area contributed by atoms with Gasteiger partial charge in [0.15, 0.2) is 0 Å². The predicted octanol–water partition coefficient (Wildman–Crippen LogP) is 2.42. The second kappa shape index (κ2) is 4.74. The molecule has 2 saturated heterocycles. The van der Waals surface area contributed by atoms with Crippen molar-refractivity contribution >= 4 is 17.0 Å². The number of anilines is 1. The van der Waals surface area contributed by atoms with Crippen LogP contribution in [0.3, 0.4) is 0 Å². The maximum absolute atomic E-state index is 13.3. The third-order valence-electron chi connectivity index (χ3n) is 4.57. The zero-order chi connectivity index (χ0) is 13.5. The lowest BCUT2D eigenvalue weighted by Crippen LogP contribution is -2.44. The van der Waals surface area contributed by atoms with E-state index in [1.54, 1.807) is 6.07 Å². The number of benzene rings is 1. The van der Waals surface area contributed by atoms with E-state index in [4.69, 9.17) is 0 Å². The Morgan fingerprint density at radius 1 is 1.25 bits per heavy atom. The van der Waals surface area contributed by atoms with Gasteiger partial charge in [-0.05, 0) is 50.4 Å². The van der Waals surface area contributed by atoms with E-state index in [0.717, 1.165) is 30.1 Å². The number of nitrogens with zero attached hydrogens (tertiary/aromatic N) is 2. The minimum atomic E-state index is -0.219. The normalized spacial score (nSPS) is 26.8. The van der Waals surface area contributed by atoms with Crippen molar-refractivity contribution in [3.8, 4) is 0 Å². The summed E-state index contributed by atoms with van der Waals surface area (Å²) in [5.74, 6) is 0.671. The van der Waals surface area contributed by atoms with Crippen molar-refractivity contribution in [1.29, 1.82) is 0 Å². The second-order valence-corrected chi connectivity index (χ2v) is 5.83. The molecule has 2 N–H and O–H groups in total. The Labute approximate surface area is 117 Å². The molecule has 0 spiro atoms. The fourth-order valence-electron chi connectivity index (χ4n) is 3.62. The van der Waals surface area contributed by atoms with E-state index in [-0.39, 0.29) is 5.82 Å². The van der Waals surface area contributed by atoms with E-state index >= 15 is 0 Å². The number of H-pyrrole nitrogens is 1. The summed E-state index contributed by atoms with van der Waals surface area (Å²) >= 11 is 0. The first kappa shape index (κ1) is 12.1. The first-order valence-corrected chi connectivity index (χ1v) is 7.46. The lowest BCUT2D eigenvalue weighted by molar-refractivity contribution is 0.479. The number of halogens is 1. The van der Waals surface area contributed by atoms with Gasteiger partial charge in [-0.25, -0.2) is 9.37 Å². The number of hydrogen-bond donors (Lipinski definition) is 2. The molecule has 3 heterocycles. The molecule has 4 nitrogen and oxygen atoms in total. The van der Waals surface area contributed by atoms with Gasteiger partial charge in [-0.15, -0.1) is 0 Å². The summed E-state index contributed by atoms with van der Waals surface area (Å²) in [4.78, 5) is 10.3. The smallest absolute Gasteiger partial charge is 0.204 e. The molecule has 0 saturated carbocycles. The van der Waals surface area contributed by atoms with Crippen LogP contribution in [0.1, 0.15) is 25.7 Å². The molecule has 2 atom stereocenters. The topological polar surface area (TPSA) is 44.0 Å². The standard InChI is InChI=1S/C15H19FN4/c16-10-5-6-11-13(9-10)19-15(18-11)20-8-2-4-14(20)12-3-1-7-17-12/h5-6,9,12,14,17H,1-4,7-8H2,(H,18,19). The zero-order valence-corrected chi connectivity index (χ0v) is 11.4. The quantitative estimate of drug-likeness (QED) is 0.884. The highest BCUT2D eigenvalue weighted by molar-refractivity contribution is 5.77. The van der Waals surface area contributed by atoms with Gasteiger partial charge in [-0.1, -0.05) is 0 Å². The van der Waals surface area contributed by atoms with Crippen LogP contribution in [0, 0.1) is 5.82 Å². The average Bonchev–Trinajstić information content (AvgIpc) is 3.17. The van der Waals surface area contributed by atoms with Crippen molar-refractivity contribution in [3.05, 3.63) is 24.0 Å². The number of hydrogen-bond acceptors (Lipinski definition) is 3. The summed E-state index contributed by atoms with van der Waals surface area (Å²) in [6.07, 6.45) is 4.92. The van der Waals surface area contributed by atoms with E-state index in [2.05, 4.69) is 20.2 Å². The van der Waals surface area contributed by atoms with E-state index in [9.17, 15) is 4.39 Å². The Balaban J connectivity index is 1.66. The van der Waals surface area contributed by atoms with Gasteiger partial charge >= 0.3 is 0 Å². The molecule has 0 bridgehead atoms. The number of aromatic nitrogens is 2. The van der Waals surface area contributed by atoms with Crippen LogP contribution in [-0.2, 0) is 0 Å². The summed E-state index contributed by atoms with van der Waals surface area (Å²) in [7, 11) is 0. The summed E-state index contributed by atoms with van der Waals surface area (Å²) in [6, 6.07) is 5.81. The van der Waals surface area contributed by atoms with Crippen LogP contribution in [0.15, 0.2) is 18.2 Å². The Kier molecular flexibility index (Phi) is 2.88.